The zero-order valence-corrected chi connectivity index (χ0v) is 22.0. The molecule has 3 heterocycles. The molecular weight excluding hydrogens is 538 g/mol. The van der Waals surface area contributed by atoms with Crippen LogP contribution in [0.15, 0.2) is 99.2 Å². The minimum absolute atomic E-state index is 0.205. The molecule has 0 bridgehead atoms. The molecule has 1 N–H and O–H groups in total. The highest BCUT2D eigenvalue weighted by Gasteiger charge is 2.69. The van der Waals surface area contributed by atoms with Gasteiger partial charge >= 0.3 is 6.03 Å². The van der Waals surface area contributed by atoms with Crippen LogP contribution in [0, 0.1) is 0 Å². The number of carbonyl (C=O) groups is 1. The first-order valence-corrected chi connectivity index (χ1v) is 13.0. The third-order valence-electron chi connectivity index (χ3n) is 6.94. The Morgan fingerprint density at radius 1 is 0.861 bits per heavy atom. The normalized spacial score (nSPS) is 23.2. The standard InChI is InChI=1S/C27H22BrN5O2S/c1-31-25(35)32(2)27(20-11-7-4-8-12-20)26(31,19-9-5-3-6-10-19)29-24-33(30-27)23(34)22(36-24)17-18-13-15-21(28)16-14-18/h3-17,30H,1-2H3/b22-17-/t26-,27+/m1/s1. The minimum atomic E-state index is -1.17. The third-order valence-corrected chi connectivity index (χ3v) is 8.44. The van der Waals surface area contributed by atoms with Crippen LogP contribution in [0.3, 0.4) is 0 Å². The predicted molar refractivity (Wildman–Crippen MR) is 144 cm³/mol. The van der Waals surface area contributed by atoms with Crippen molar-refractivity contribution >= 4 is 39.4 Å². The van der Waals surface area contributed by atoms with Gasteiger partial charge in [0.1, 0.15) is 0 Å². The molecule has 1 saturated heterocycles. The zero-order valence-electron chi connectivity index (χ0n) is 19.6. The number of thiazole rings is 1. The number of amides is 2. The average Bonchev–Trinajstić information content (AvgIpc) is 3.29. The van der Waals surface area contributed by atoms with Gasteiger partial charge in [0.25, 0.3) is 5.56 Å². The zero-order chi connectivity index (χ0) is 25.1. The van der Waals surface area contributed by atoms with Gasteiger partial charge in [0.15, 0.2) is 0 Å². The Bertz CT molecular complexity index is 1650. The second-order valence-corrected chi connectivity index (χ2v) is 10.7. The number of hydrogen-bond donors (Lipinski definition) is 1. The molecule has 0 radical (unpaired) electrons. The Hall–Kier alpha value is -3.69. The van der Waals surface area contributed by atoms with Crippen LogP contribution in [0.1, 0.15) is 16.7 Å². The van der Waals surface area contributed by atoms with Crippen LogP contribution in [0.5, 0.6) is 0 Å². The summed E-state index contributed by atoms with van der Waals surface area (Å²) < 4.78 is 3.00. The number of urea groups is 1. The predicted octanol–water partition coefficient (Wildman–Crippen LogP) is 3.38. The summed E-state index contributed by atoms with van der Waals surface area (Å²) in [6.07, 6.45) is 1.86. The van der Waals surface area contributed by atoms with E-state index < -0.39 is 11.3 Å². The van der Waals surface area contributed by atoms with Crippen LogP contribution >= 0.6 is 27.3 Å². The first-order chi connectivity index (χ1) is 17.4. The fourth-order valence-electron chi connectivity index (χ4n) is 5.23. The Labute approximate surface area is 219 Å². The molecule has 6 rings (SSSR count). The third kappa shape index (κ3) is 2.99. The lowest BCUT2D eigenvalue weighted by molar-refractivity contribution is 0.0648. The van der Waals surface area contributed by atoms with Gasteiger partial charge in [-0.25, -0.2) is 9.79 Å². The molecule has 2 aliphatic heterocycles. The van der Waals surface area contributed by atoms with E-state index in [1.165, 1.54) is 16.0 Å². The van der Waals surface area contributed by atoms with Gasteiger partial charge in [-0.3, -0.25) is 20.0 Å². The maximum absolute atomic E-state index is 13.7. The second kappa shape index (κ2) is 8.18. The largest absolute Gasteiger partial charge is 0.324 e. The Morgan fingerprint density at radius 3 is 2.11 bits per heavy atom. The summed E-state index contributed by atoms with van der Waals surface area (Å²) in [6, 6.07) is 27.0. The molecule has 2 aliphatic rings. The minimum Gasteiger partial charge on any atom is -0.295 e. The highest BCUT2D eigenvalue weighted by atomic mass is 79.9. The highest BCUT2D eigenvalue weighted by Crippen LogP contribution is 2.53. The number of benzene rings is 3. The van der Waals surface area contributed by atoms with Crippen LogP contribution in [0.2, 0.25) is 0 Å². The lowest BCUT2D eigenvalue weighted by atomic mass is 9.80. The molecule has 3 aromatic carbocycles. The first-order valence-electron chi connectivity index (χ1n) is 11.4. The van der Waals surface area contributed by atoms with Crippen LogP contribution in [-0.4, -0.2) is 34.6 Å². The molecule has 4 aromatic rings. The van der Waals surface area contributed by atoms with E-state index >= 15 is 0 Å². The number of aromatic nitrogens is 1. The molecule has 9 heteroatoms. The van der Waals surface area contributed by atoms with Gasteiger partial charge in [-0.15, -0.1) is 0 Å². The van der Waals surface area contributed by atoms with Crippen LogP contribution in [-0.2, 0) is 11.3 Å². The number of rotatable bonds is 3. The van der Waals surface area contributed by atoms with Crippen molar-refractivity contribution in [2.75, 3.05) is 19.5 Å². The summed E-state index contributed by atoms with van der Waals surface area (Å²) in [5.74, 6) is 0. The number of fused-ring (bicyclic) bond motifs is 2. The number of likely N-dealkylation sites (N-methyl/N-ethyl adjacent to an activating group) is 2. The van der Waals surface area contributed by atoms with Crippen LogP contribution < -0.4 is 20.3 Å². The summed E-state index contributed by atoms with van der Waals surface area (Å²) in [4.78, 5) is 36.3. The second-order valence-electron chi connectivity index (χ2n) is 8.82. The fraction of sp³-hybridized carbons (Fsp3) is 0.148. The molecule has 7 nitrogen and oxygen atoms in total. The average molecular weight is 560 g/mol. The maximum Gasteiger partial charge on any atom is 0.324 e. The number of hydrogen-bond acceptors (Lipinski definition) is 5. The van der Waals surface area contributed by atoms with E-state index in [-0.39, 0.29) is 11.6 Å². The van der Waals surface area contributed by atoms with E-state index in [2.05, 4.69) is 21.4 Å². The van der Waals surface area contributed by atoms with E-state index in [0.29, 0.717) is 9.33 Å². The molecule has 1 aromatic heterocycles. The van der Waals surface area contributed by atoms with Gasteiger partial charge in [-0.05, 0) is 23.8 Å². The monoisotopic (exact) mass is 559 g/mol. The number of nitrogens with one attached hydrogen (secondary N) is 1. The molecular formula is C27H22BrN5O2S. The van der Waals surface area contributed by atoms with Gasteiger partial charge in [0.05, 0.1) is 4.53 Å². The molecule has 0 aliphatic carbocycles. The Balaban J connectivity index is 1.70. The Kier molecular flexibility index (Phi) is 5.17. The smallest absolute Gasteiger partial charge is 0.295 e. The topological polar surface area (TPSA) is 69.9 Å². The molecule has 1 fully saturated rings. The Morgan fingerprint density at radius 2 is 1.47 bits per heavy atom. The van der Waals surface area contributed by atoms with Crippen molar-refractivity contribution in [3.05, 3.63) is 126 Å². The lowest BCUT2D eigenvalue weighted by Gasteiger charge is -2.49. The maximum atomic E-state index is 13.7. The lowest BCUT2D eigenvalue weighted by Crippen LogP contribution is -2.67. The van der Waals surface area contributed by atoms with Crippen molar-refractivity contribution in [3.63, 3.8) is 0 Å². The number of carbonyl (C=O) groups excluding carboxylic acids is 1. The van der Waals surface area contributed by atoms with E-state index in [1.807, 2.05) is 91.0 Å². The van der Waals surface area contributed by atoms with Crippen molar-refractivity contribution in [2.24, 2.45) is 4.99 Å². The quantitative estimate of drug-likeness (QED) is 0.418. The summed E-state index contributed by atoms with van der Waals surface area (Å²) in [5.41, 5.74) is 3.50. The van der Waals surface area contributed by atoms with Crippen molar-refractivity contribution in [1.29, 1.82) is 0 Å². The number of nitrogens with zero attached hydrogens (tertiary/aromatic N) is 4. The van der Waals surface area contributed by atoms with Gasteiger partial charge in [-0.1, -0.05) is 100 Å². The van der Waals surface area contributed by atoms with Gasteiger partial charge < -0.3 is 0 Å². The van der Waals surface area contributed by atoms with E-state index in [9.17, 15) is 9.59 Å². The van der Waals surface area contributed by atoms with Crippen LogP contribution in [0.25, 0.3) is 6.08 Å². The fourth-order valence-corrected chi connectivity index (χ4v) is 6.46. The van der Waals surface area contributed by atoms with Crippen molar-refractivity contribution < 1.29 is 4.79 Å². The van der Waals surface area contributed by atoms with E-state index in [1.54, 1.807) is 23.9 Å². The van der Waals surface area contributed by atoms with Gasteiger partial charge in [0.2, 0.25) is 16.1 Å². The molecule has 2 atom stereocenters. The molecule has 0 unspecified atom stereocenters. The van der Waals surface area contributed by atoms with E-state index in [0.717, 1.165) is 21.2 Å². The van der Waals surface area contributed by atoms with Gasteiger partial charge in [-0.2, -0.15) is 4.68 Å². The first kappa shape index (κ1) is 22.8. The van der Waals surface area contributed by atoms with Crippen LogP contribution in [0.4, 0.5) is 4.79 Å². The van der Waals surface area contributed by atoms with Crippen molar-refractivity contribution in [3.8, 4) is 0 Å². The summed E-state index contributed by atoms with van der Waals surface area (Å²) in [5, 5.41) is 0. The number of halogens is 1. The van der Waals surface area contributed by atoms with Gasteiger partial charge in [0, 0.05) is 29.7 Å². The highest BCUT2D eigenvalue weighted by molar-refractivity contribution is 9.10. The van der Waals surface area contributed by atoms with Crippen molar-refractivity contribution in [2.45, 2.75) is 11.3 Å². The molecule has 2 amide bonds. The molecule has 180 valence electrons. The summed E-state index contributed by atoms with van der Waals surface area (Å²) >= 11 is 4.75. The SMILES string of the molecule is CN1C(=O)N(C)[C@]2(c3ccccc3)Nn3c(s/c(=C\c4ccc(Br)cc4)c3=O)=N[C@]12c1ccccc1. The van der Waals surface area contributed by atoms with E-state index in [4.69, 9.17) is 4.99 Å². The summed E-state index contributed by atoms with van der Waals surface area (Å²) in [6.45, 7) is 0. The molecule has 0 spiro atoms. The molecule has 36 heavy (non-hydrogen) atoms. The summed E-state index contributed by atoms with van der Waals surface area (Å²) in [7, 11) is 3.51. The van der Waals surface area contributed by atoms with Crippen molar-refractivity contribution in [1.82, 2.24) is 14.5 Å². The molecule has 0 saturated carbocycles.